The average Bonchev–Trinajstić information content (AvgIpc) is 3.02. The van der Waals surface area contributed by atoms with E-state index >= 15 is 0 Å². The van der Waals surface area contributed by atoms with Gasteiger partial charge in [0.15, 0.2) is 0 Å². The molecule has 0 nitrogen and oxygen atoms in total. The van der Waals surface area contributed by atoms with E-state index in [1.54, 1.807) is 24.3 Å². The van der Waals surface area contributed by atoms with E-state index < -0.39 is 10.8 Å². The molecule has 0 amide bonds. The molecule has 0 aliphatic heterocycles. The van der Waals surface area contributed by atoms with Crippen LogP contribution in [-0.4, -0.2) is 25.3 Å². The molecule has 4 atom stereocenters. The van der Waals surface area contributed by atoms with Crippen LogP contribution in [0.15, 0.2) is 121 Å². The molecule has 0 spiro atoms. The van der Waals surface area contributed by atoms with Crippen LogP contribution >= 0.6 is 87.3 Å². The van der Waals surface area contributed by atoms with E-state index in [2.05, 4.69) is 148 Å². The Labute approximate surface area is 333 Å². The van der Waals surface area contributed by atoms with Gasteiger partial charge in [0, 0.05) is 10.0 Å². The van der Waals surface area contributed by atoms with Gasteiger partial charge in [0.25, 0.3) is 0 Å². The predicted octanol–water partition coefficient (Wildman–Crippen LogP) is 9.77. The SMILES string of the molecule is Cc1[c-]cccc1.Cc1ccccc1-c1ccc(-c2ccccc2C)cc1.Clc1ccc(Cl)cc1.PP.[3H]PP.[3H][Ni]([Br])[Br].[Br-].[Mg+2]. The van der Waals surface area contributed by atoms with Gasteiger partial charge in [0.05, 0.1) is 1.28 Å². The summed E-state index contributed by atoms with van der Waals surface area (Å²) in [6, 6.07) is 43.8. The molecule has 5 aromatic carbocycles. The van der Waals surface area contributed by atoms with Gasteiger partial charge in [-0.15, -0.1) is 35.7 Å². The van der Waals surface area contributed by atoms with E-state index in [0.717, 1.165) is 10.0 Å². The van der Waals surface area contributed by atoms with Gasteiger partial charge in [-0.2, -0.15) is 35.9 Å². The van der Waals surface area contributed by atoms with Crippen LogP contribution in [0.5, 0.6) is 0 Å². The average molecular weight is 956 g/mol. The van der Waals surface area contributed by atoms with Crippen molar-refractivity contribution in [2.75, 3.05) is 0 Å². The molecule has 0 saturated carbocycles. The maximum Gasteiger partial charge on any atom is 2.00 e. The Morgan fingerprint density at radius 3 is 1.20 bits per heavy atom. The Morgan fingerprint density at radius 2 is 0.955 bits per heavy atom. The molecule has 11 heteroatoms. The minimum atomic E-state index is -0.583. The first kappa shape index (κ1) is 45.1. The Morgan fingerprint density at radius 1 is 0.636 bits per heavy atom. The normalized spacial score (nSPS) is 9.73. The number of hydrogen-bond acceptors (Lipinski definition) is 0. The molecule has 0 aliphatic carbocycles. The van der Waals surface area contributed by atoms with Crippen LogP contribution in [-0.2, 0) is 10.8 Å². The van der Waals surface area contributed by atoms with E-state index in [9.17, 15) is 0 Å². The fourth-order valence-electron chi connectivity index (χ4n) is 3.54. The summed E-state index contributed by atoms with van der Waals surface area (Å²) in [7, 11) is 6.61. The third-order valence-corrected chi connectivity index (χ3v) is 5.97. The Bertz CT molecular complexity index is 1340. The standard InChI is InChI=1S/C20H18.C7H7.C6H4Cl2.3BrH.Mg.Ni.2H4P2.H/c1-15-7-3-5-9-19(15)17-11-13-18(14-12-17)20-10-6-4-8-16(20)2;1-7-5-3-2-4-6-7;7-5-1-2-6(8)4-3-5;;;;;;2*1-2;/h3-14H,1-2H3;2-5H,1H3;1-4H;3*1H;;;2*1-2H2;/q;-1;;;;;2*+2;;;/p-3/i;;;;;;;;1T;;1+2. The zero-order valence-corrected chi connectivity index (χ0v) is 37.8. The molecule has 0 aromatic heterocycles. The molecule has 0 N–H and O–H groups in total. The molecule has 237 valence electrons. The largest absolute Gasteiger partial charge is 2.00 e. The Kier molecular flexibility index (Phi) is 33.5. The van der Waals surface area contributed by atoms with Gasteiger partial charge < -0.3 is 17.0 Å². The summed E-state index contributed by atoms with van der Waals surface area (Å²) in [5.74, 6) is 0. The van der Waals surface area contributed by atoms with Crippen molar-refractivity contribution in [1.29, 1.82) is 2.26 Å². The summed E-state index contributed by atoms with van der Waals surface area (Å²) in [5, 5.41) is 1.43. The molecule has 0 heterocycles. The second-order valence-electron chi connectivity index (χ2n) is 8.23. The second-order valence-corrected chi connectivity index (χ2v) is 14.1. The van der Waals surface area contributed by atoms with Crippen LogP contribution < -0.4 is 17.0 Å². The van der Waals surface area contributed by atoms with Crippen molar-refractivity contribution in [1.82, 2.24) is 0 Å². The molecule has 4 unspecified atom stereocenters. The van der Waals surface area contributed by atoms with E-state index in [1.165, 1.54) is 38.9 Å². The van der Waals surface area contributed by atoms with Crippen LogP contribution in [0.3, 0.4) is 0 Å². The quantitative estimate of drug-likeness (QED) is 0.0941. The van der Waals surface area contributed by atoms with Gasteiger partial charge in [0.1, 0.15) is 0 Å². The van der Waals surface area contributed by atoms with Crippen LogP contribution in [0.4, 0.5) is 0 Å². The third-order valence-electron chi connectivity index (χ3n) is 5.47. The van der Waals surface area contributed by atoms with E-state index in [1.807, 2.05) is 31.2 Å². The van der Waals surface area contributed by atoms with Crippen LogP contribution in [0.25, 0.3) is 22.3 Å². The van der Waals surface area contributed by atoms with Gasteiger partial charge in [-0.3, -0.25) is 0 Å². The maximum atomic E-state index is 6.46. The summed E-state index contributed by atoms with van der Waals surface area (Å²) in [5.41, 5.74) is 9.00. The zero-order valence-electron chi connectivity index (χ0n) is 26.7. The first-order valence-corrected chi connectivity index (χ1v) is 23.0. The zero-order chi connectivity index (χ0) is 33.3. The minimum absolute atomic E-state index is 0. The van der Waals surface area contributed by atoms with Crippen molar-refractivity contribution in [3.63, 3.8) is 0 Å². The van der Waals surface area contributed by atoms with Gasteiger partial charge in [-0.25, -0.2) is 0 Å². The van der Waals surface area contributed by atoms with Crippen molar-refractivity contribution in [2.45, 2.75) is 20.8 Å². The molecule has 0 saturated heterocycles. The van der Waals surface area contributed by atoms with Crippen molar-refractivity contribution in [2.24, 2.45) is 0 Å². The van der Waals surface area contributed by atoms with Gasteiger partial charge in [-0.05, 0) is 71.5 Å². The molecule has 0 radical (unpaired) electrons. The van der Waals surface area contributed by atoms with Crippen molar-refractivity contribution < 1.29 is 27.8 Å². The summed E-state index contributed by atoms with van der Waals surface area (Å²) in [4.78, 5) is 0. The molecule has 0 fully saturated rings. The fourth-order valence-corrected chi connectivity index (χ4v) is 3.79. The topological polar surface area (TPSA) is 0 Å². The van der Waals surface area contributed by atoms with E-state index in [-0.39, 0.29) is 48.9 Å². The van der Waals surface area contributed by atoms with Crippen LogP contribution in [0.1, 0.15) is 16.7 Å². The second kappa shape index (κ2) is 32.6. The van der Waals surface area contributed by atoms with E-state index in [0.29, 0.717) is 0 Å². The van der Waals surface area contributed by atoms with Gasteiger partial charge in [-0.1, -0.05) is 103 Å². The number of aryl methyl sites for hydroxylation is 3. The van der Waals surface area contributed by atoms with Gasteiger partial charge in [0.2, 0.25) is 0 Å². The smallest absolute Gasteiger partial charge is 1.00 e. The molecular formula is C33H38Br3Cl2MgNiP4. The number of halogens is 5. The summed E-state index contributed by atoms with van der Waals surface area (Å²) in [6.07, 6.45) is 0. The number of benzene rings is 5. The van der Waals surface area contributed by atoms with E-state index in [4.69, 9.17) is 25.5 Å². The summed E-state index contributed by atoms with van der Waals surface area (Å²) >= 11 is 16.9. The van der Waals surface area contributed by atoms with Crippen molar-refractivity contribution in [3.8, 4) is 22.3 Å². The molecule has 0 aliphatic rings. The molecule has 5 aromatic rings. The first-order valence-electron chi connectivity index (χ1n) is 13.2. The Balaban J connectivity index is -0.000000592. The number of rotatable bonds is 2. The third kappa shape index (κ3) is 21.9. The molecular weight excluding hydrogens is 914 g/mol. The van der Waals surface area contributed by atoms with Crippen LogP contribution in [0.2, 0.25) is 10.0 Å². The first-order chi connectivity index (χ1) is 21.1. The predicted molar refractivity (Wildman–Crippen MR) is 217 cm³/mol. The number of hydrogen-bond donors (Lipinski definition) is 0. The molecule has 5 rings (SSSR count). The molecule has 0 bridgehead atoms. The van der Waals surface area contributed by atoms with Crippen molar-refractivity contribution in [3.05, 3.63) is 154 Å². The van der Waals surface area contributed by atoms with Crippen LogP contribution in [0, 0.1) is 26.8 Å². The minimum Gasteiger partial charge on any atom is -1.00 e. The monoisotopic (exact) mass is 951 g/mol. The van der Waals surface area contributed by atoms with Gasteiger partial charge >= 0.3 is 63.3 Å². The summed E-state index contributed by atoms with van der Waals surface area (Å²) in [6.45, 7) is 6.34. The van der Waals surface area contributed by atoms with Crippen molar-refractivity contribution >= 4 is 110 Å². The summed E-state index contributed by atoms with van der Waals surface area (Å²) < 4.78 is 12.7. The molecule has 44 heavy (non-hydrogen) atoms. The fraction of sp³-hybridized carbons (Fsp3) is 0.0909. The Hall–Kier alpha value is 1.10. The maximum absolute atomic E-state index is 6.46.